The first-order valence-electron chi connectivity index (χ1n) is 8.56. The Hall–Kier alpha value is -3.46. The summed E-state index contributed by atoms with van der Waals surface area (Å²) in [4.78, 5) is 17.2. The van der Waals surface area contributed by atoms with Crippen molar-refractivity contribution in [1.82, 2.24) is 29.5 Å². The third kappa shape index (κ3) is 3.05. The molecule has 1 amide bonds. The van der Waals surface area contributed by atoms with E-state index in [-0.39, 0.29) is 11.9 Å². The average Bonchev–Trinajstić information content (AvgIpc) is 3.28. The molecule has 0 spiro atoms. The molecule has 1 aromatic carbocycles. The normalized spacial score (nSPS) is 11.3. The van der Waals surface area contributed by atoms with Gasteiger partial charge in [-0.1, -0.05) is 23.7 Å². The number of aromatic nitrogens is 6. The molecule has 0 aliphatic carbocycles. The van der Waals surface area contributed by atoms with Gasteiger partial charge in [0, 0.05) is 6.04 Å². The Labute approximate surface area is 165 Å². The monoisotopic (exact) mass is 396 g/mol. The number of carbonyl (C=O) groups excluding carboxylic acids is 1. The van der Waals surface area contributed by atoms with E-state index >= 15 is 0 Å². The van der Waals surface area contributed by atoms with Crippen LogP contribution in [-0.2, 0) is 0 Å². The van der Waals surface area contributed by atoms with Crippen molar-refractivity contribution in [2.75, 3.05) is 11.1 Å². The van der Waals surface area contributed by atoms with E-state index in [0.717, 1.165) is 0 Å². The summed E-state index contributed by atoms with van der Waals surface area (Å²) in [7, 11) is 0. The number of hydrogen-bond donors (Lipinski definition) is 2. The molecule has 28 heavy (non-hydrogen) atoms. The van der Waals surface area contributed by atoms with Crippen LogP contribution in [0.1, 0.15) is 19.9 Å². The molecule has 0 saturated carbocycles. The molecule has 3 aromatic heterocycles. The molecule has 0 radical (unpaired) electrons. The molecule has 0 bridgehead atoms. The Kier molecular flexibility index (Phi) is 4.44. The molecule has 0 aliphatic heterocycles. The predicted octanol–water partition coefficient (Wildman–Crippen LogP) is 3.59. The van der Waals surface area contributed by atoms with Gasteiger partial charge < -0.3 is 10.3 Å². The summed E-state index contributed by atoms with van der Waals surface area (Å²) in [5.74, 6) is 1.15. The summed E-state index contributed by atoms with van der Waals surface area (Å²) < 4.78 is 3.07. The molecule has 10 heteroatoms. The van der Waals surface area contributed by atoms with Gasteiger partial charge in [-0.3, -0.25) is 5.32 Å². The van der Waals surface area contributed by atoms with E-state index in [1.165, 1.54) is 4.68 Å². The number of pyridine rings is 1. The van der Waals surface area contributed by atoms with E-state index in [1.807, 2.05) is 18.4 Å². The first-order valence-corrected chi connectivity index (χ1v) is 8.94. The molecular formula is C18H17ClN8O. The average molecular weight is 397 g/mol. The van der Waals surface area contributed by atoms with Gasteiger partial charge in [-0.25, -0.2) is 9.78 Å². The van der Waals surface area contributed by atoms with Crippen molar-refractivity contribution >= 4 is 40.2 Å². The lowest BCUT2D eigenvalue weighted by Gasteiger charge is -2.10. The van der Waals surface area contributed by atoms with Gasteiger partial charge in [0.15, 0.2) is 11.6 Å². The lowest BCUT2D eigenvalue weighted by molar-refractivity contribution is 0.252. The van der Waals surface area contributed by atoms with Crippen LogP contribution in [0.4, 0.5) is 16.4 Å². The predicted molar refractivity (Wildman–Crippen MR) is 107 cm³/mol. The number of nitrogens with one attached hydrogen (secondary N) is 1. The van der Waals surface area contributed by atoms with Gasteiger partial charge in [0.25, 0.3) is 0 Å². The molecule has 0 unspecified atom stereocenters. The topological polar surface area (TPSA) is 117 Å². The van der Waals surface area contributed by atoms with Crippen molar-refractivity contribution in [2.45, 2.75) is 19.9 Å². The van der Waals surface area contributed by atoms with Gasteiger partial charge in [-0.2, -0.15) is 4.68 Å². The second kappa shape index (κ2) is 6.93. The first kappa shape index (κ1) is 17.9. The SMILES string of the molecule is CC(C)n1cnnc1-c1cccc(NC(=O)n2nc(N)c3c(Cl)cccc32)n1. The molecule has 9 nitrogen and oxygen atoms in total. The van der Waals surface area contributed by atoms with Crippen LogP contribution >= 0.6 is 11.6 Å². The van der Waals surface area contributed by atoms with Gasteiger partial charge in [0.05, 0.1) is 15.9 Å². The lowest BCUT2D eigenvalue weighted by atomic mass is 10.2. The van der Waals surface area contributed by atoms with Crippen molar-refractivity contribution in [3.05, 3.63) is 47.7 Å². The van der Waals surface area contributed by atoms with E-state index in [2.05, 4.69) is 25.6 Å². The zero-order valence-electron chi connectivity index (χ0n) is 15.2. The fourth-order valence-corrected chi connectivity index (χ4v) is 3.17. The standard InChI is InChI=1S/C18H17ClN8O/c1-10(2)26-9-21-24-17(26)12-6-4-8-14(22-12)23-18(28)27-13-7-3-5-11(19)15(13)16(20)25-27/h3-10H,1-2H3,(H2,20,25)(H,22,23,28). The second-order valence-corrected chi connectivity index (χ2v) is 6.83. The fourth-order valence-electron chi connectivity index (χ4n) is 2.90. The smallest absolute Gasteiger partial charge is 0.348 e. The van der Waals surface area contributed by atoms with Gasteiger partial charge >= 0.3 is 6.03 Å². The summed E-state index contributed by atoms with van der Waals surface area (Å²) in [6, 6.07) is 10.1. The van der Waals surface area contributed by atoms with Crippen LogP contribution in [0.5, 0.6) is 0 Å². The van der Waals surface area contributed by atoms with E-state index in [9.17, 15) is 4.79 Å². The zero-order chi connectivity index (χ0) is 19.8. The van der Waals surface area contributed by atoms with Crippen molar-refractivity contribution in [1.29, 1.82) is 0 Å². The molecule has 3 heterocycles. The Balaban J connectivity index is 1.66. The number of hydrogen-bond acceptors (Lipinski definition) is 6. The van der Waals surface area contributed by atoms with Crippen LogP contribution in [0.25, 0.3) is 22.4 Å². The molecule has 0 saturated heterocycles. The van der Waals surface area contributed by atoms with Crippen molar-refractivity contribution in [3.63, 3.8) is 0 Å². The van der Waals surface area contributed by atoms with E-state index in [1.54, 1.807) is 42.7 Å². The highest BCUT2D eigenvalue weighted by atomic mass is 35.5. The Bertz CT molecular complexity index is 1180. The van der Waals surface area contributed by atoms with Crippen molar-refractivity contribution in [2.24, 2.45) is 0 Å². The van der Waals surface area contributed by atoms with Crippen molar-refractivity contribution in [3.8, 4) is 11.5 Å². The maximum Gasteiger partial charge on any atom is 0.348 e. The number of fused-ring (bicyclic) bond motifs is 1. The number of nitrogen functional groups attached to an aromatic ring is 1. The maximum atomic E-state index is 12.7. The number of halogens is 1. The van der Waals surface area contributed by atoms with Crippen LogP contribution in [0.2, 0.25) is 5.02 Å². The minimum Gasteiger partial charge on any atom is -0.382 e. The fraction of sp³-hybridized carbons (Fsp3) is 0.167. The number of amides is 1. The van der Waals surface area contributed by atoms with Gasteiger partial charge in [-0.15, -0.1) is 15.3 Å². The molecule has 0 aliphatic rings. The number of nitrogens with zero attached hydrogens (tertiary/aromatic N) is 6. The zero-order valence-corrected chi connectivity index (χ0v) is 15.9. The molecule has 0 fully saturated rings. The summed E-state index contributed by atoms with van der Waals surface area (Å²) in [5, 5.41) is 15.9. The number of benzene rings is 1. The van der Waals surface area contributed by atoms with Crippen LogP contribution in [0.15, 0.2) is 42.7 Å². The summed E-state index contributed by atoms with van der Waals surface area (Å²) in [6.45, 7) is 4.05. The molecule has 4 rings (SSSR count). The van der Waals surface area contributed by atoms with Crippen LogP contribution in [-0.4, -0.2) is 35.6 Å². The Morgan fingerprint density at radius 3 is 2.79 bits per heavy atom. The summed E-state index contributed by atoms with van der Waals surface area (Å²) >= 11 is 6.17. The number of anilines is 2. The van der Waals surface area contributed by atoms with Crippen LogP contribution in [0.3, 0.4) is 0 Å². The van der Waals surface area contributed by atoms with E-state index in [4.69, 9.17) is 17.3 Å². The first-order chi connectivity index (χ1) is 13.5. The minimum atomic E-state index is -0.501. The van der Waals surface area contributed by atoms with E-state index in [0.29, 0.717) is 33.3 Å². The molecule has 4 aromatic rings. The van der Waals surface area contributed by atoms with Crippen LogP contribution < -0.4 is 11.1 Å². The van der Waals surface area contributed by atoms with Gasteiger partial charge in [-0.05, 0) is 38.1 Å². The largest absolute Gasteiger partial charge is 0.382 e. The third-order valence-corrected chi connectivity index (χ3v) is 4.53. The van der Waals surface area contributed by atoms with Crippen molar-refractivity contribution < 1.29 is 4.79 Å². The molecule has 3 N–H and O–H groups in total. The highest BCUT2D eigenvalue weighted by Gasteiger charge is 2.17. The lowest BCUT2D eigenvalue weighted by Crippen LogP contribution is -2.21. The number of carbonyl (C=O) groups is 1. The quantitative estimate of drug-likeness (QED) is 0.546. The molecule has 0 atom stereocenters. The third-order valence-electron chi connectivity index (χ3n) is 4.22. The number of nitrogens with two attached hydrogens (primary N) is 1. The van der Waals surface area contributed by atoms with Crippen LogP contribution in [0, 0.1) is 0 Å². The minimum absolute atomic E-state index is 0.174. The highest BCUT2D eigenvalue weighted by Crippen LogP contribution is 2.28. The van der Waals surface area contributed by atoms with Gasteiger partial charge in [0.2, 0.25) is 0 Å². The maximum absolute atomic E-state index is 12.7. The van der Waals surface area contributed by atoms with E-state index < -0.39 is 6.03 Å². The second-order valence-electron chi connectivity index (χ2n) is 6.42. The Morgan fingerprint density at radius 2 is 2.00 bits per heavy atom. The molecule has 142 valence electrons. The summed E-state index contributed by atoms with van der Waals surface area (Å²) in [5.41, 5.74) is 7.02. The highest BCUT2D eigenvalue weighted by molar-refractivity contribution is 6.36. The summed E-state index contributed by atoms with van der Waals surface area (Å²) in [6.07, 6.45) is 1.65. The van der Waals surface area contributed by atoms with Gasteiger partial charge in [0.1, 0.15) is 17.8 Å². The molecular weight excluding hydrogens is 380 g/mol. The Morgan fingerprint density at radius 1 is 1.21 bits per heavy atom. The number of rotatable bonds is 3.